The van der Waals surface area contributed by atoms with E-state index in [-0.39, 0.29) is 11.5 Å². The van der Waals surface area contributed by atoms with E-state index in [2.05, 4.69) is 24.0 Å². The van der Waals surface area contributed by atoms with Crippen molar-refractivity contribution in [3.63, 3.8) is 0 Å². The van der Waals surface area contributed by atoms with Crippen LogP contribution in [0, 0.1) is 0 Å². The van der Waals surface area contributed by atoms with E-state index in [0.717, 1.165) is 43.8 Å². The highest BCUT2D eigenvalue weighted by atomic mass is 16.5. The van der Waals surface area contributed by atoms with Crippen molar-refractivity contribution in [3.05, 3.63) is 11.7 Å². The maximum absolute atomic E-state index is 6.23. The molecule has 1 aliphatic carbocycles. The van der Waals surface area contributed by atoms with Gasteiger partial charge in [-0.15, -0.1) is 0 Å². The molecule has 1 heterocycles. The van der Waals surface area contributed by atoms with Crippen molar-refractivity contribution in [2.24, 2.45) is 5.73 Å². The second-order valence-electron chi connectivity index (χ2n) is 5.39. The number of rotatable bonds is 4. The summed E-state index contributed by atoms with van der Waals surface area (Å²) in [6, 6.07) is 0.149. The molecule has 0 spiro atoms. The average molecular weight is 237 g/mol. The van der Waals surface area contributed by atoms with Crippen molar-refractivity contribution in [2.75, 3.05) is 0 Å². The van der Waals surface area contributed by atoms with Gasteiger partial charge in [0, 0.05) is 12.5 Å². The van der Waals surface area contributed by atoms with Gasteiger partial charge in [0.1, 0.15) is 0 Å². The van der Waals surface area contributed by atoms with Crippen LogP contribution >= 0.6 is 0 Å². The molecule has 2 unspecified atom stereocenters. The van der Waals surface area contributed by atoms with Crippen molar-refractivity contribution >= 4 is 0 Å². The lowest BCUT2D eigenvalue weighted by molar-refractivity contribution is 0.203. The Bertz CT molecular complexity index is 363. The van der Waals surface area contributed by atoms with Crippen LogP contribution in [-0.2, 0) is 11.8 Å². The molecule has 0 bridgehead atoms. The van der Waals surface area contributed by atoms with Crippen LogP contribution < -0.4 is 5.73 Å². The zero-order valence-electron chi connectivity index (χ0n) is 10.9. The zero-order chi connectivity index (χ0) is 12.3. The van der Waals surface area contributed by atoms with Gasteiger partial charge in [-0.3, -0.25) is 0 Å². The average Bonchev–Trinajstić information content (AvgIpc) is 2.80. The lowest BCUT2D eigenvalue weighted by Crippen LogP contribution is -2.45. The van der Waals surface area contributed by atoms with E-state index in [0.29, 0.717) is 0 Å². The molecule has 2 rings (SSSR count). The highest BCUT2D eigenvalue weighted by Crippen LogP contribution is 2.37. The molecule has 1 fully saturated rings. The van der Waals surface area contributed by atoms with E-state index in [1.807, 2.05) is 0 Å². The topological polar surface area (TPSA) is 64.9 Å². The Morgan fingerprint density at radius 3 is 3.00 bits per heavy atom. The number of hydrogen-bond acceptors (Lipinski definition) is 4. The Hall–Kier alpha value is -0.900. The molecule has 2 N–H and O–H groups in total. The van der Waals surface area contributed by atoms with E-state index in [4.69, 9.17) is 10.3 Å². The first-order chi connectivity index (χ1) is 8.16. The second-order valence-corrected chi connectivity index (χ2v) is 5.39. The Morgan fingerprint density at radius 1 is 1.47 bits per heavy atom. The summed E-state index contributed by atoms with van der Waals surface area (Å²) in [5.74, 6) is 1.58. The van der Waals surface area contributed by atoms with Crippen molar-refractivity contribution in [3.8, 4) is 0 Å². The lowest BCUT2D eigenvalue weighted by Gasteiger charge is -2.35. The molecule has 0 radical (unpaired) electrons. The predicted octanol–water partition coefficient (Wildman–Crippen LogP) is 2.57. The first-order valence-electron chi connectivity index (χ1n) is 6.75. The summed E-state index contributed by atoms with van der Waals surface area (Å²) in [7, 11) is 0. The minimum absolute atomic E-state index is 0.115. The quantitative estimate of drug-likeness (QED) is 0.874. The molecule has 1 aromatic heterocycles. The summed E-state index contributed by atoms with van der Waals surface area (Å²) in [6.45, 7) is 4.33. The zero-order valence-corrected chi connectivity index (χ0v) is 10.9. The Morgan fingerprint density at radius 2 is 2.29 bits per heavy atom. The maximum Gasteiger partial charge on any atom is 0.234 e. The number of unbranched alkanes of at least 4 members (excludes halogenated alkanes) is 1. The number of nitrogens with zero attached hydrogens (tertiary/aromatic N) is 2. The monoisotopic (exact) mass is 237 g/mol. The van der Waals surface area contributed by atoms with Crippen molar-refractivity contribution < 1.29 is 4.52 Å². The van der Waals surface area contributed by atoms with Crippen LogP contribution in [0.1, 0.15) is 64.1 Å². The van der Waals surface area contributed by atoms with Gasteiger partial charge < -0.3 is 10.3 Å². The molecule has 4 nitrogen and oxygen atoms in total. The maximum atomic E-state index is 6.23. The van der Waals surface area contributed by atoms with E-state index in [1.54, 1.807) is 0 Å². The van der Waals surface area contributed by atoms with E-state index < -0.39 is 0 Å². The molecule has 0 aliphatic heterocycles. The third-order valence-electron chi connectivity index (χ3n) is 3.99. The van der Waals surface area contributed by atoms with Gasteiger partial charge in [-0.25, -0.2) is 0 Å². The Kier molecular flexibility index (Phi) is 3.82. The van der Waals surface area contributed by atoms with Crippen LogP contribution in [0.15, 0.2) is 4.52 Å². The van der Waals surface area contributed by atoms with Crippen molar-refractivity contribution in [2.45, 2.75) is 70.3 Å². The fourth-order valence-corrected chi connectivity index (χ4v) is 2.55. The number of aromatic nitrogens is 2. The van der Waals surface area contributed by atoms with Crippen molar-refractivity contribution in [1.82, 2.24) is 10.1 Å². The summed E-state index contributed by atoms with van der Waals surface area (Å²) in [6.07, 6.45) is 7.71. The fraction of sp³-hybridized carbons (Fsp3) is 0.846. The third kappa shape index (κ3) is 2.51. The number of aryl methyl sites for hydroxylation is 1. The summed E-state index contributed by atoms with van der Waals surface area (Å²) in [4.78, 5) is 4.54. The molecular formula is C13H23N3O. The van der Waals surface area contributed by atoms with Gasteiger partial charge in [0.15, 0.2) is 5.82 Å². The number of nitrogens with two attached hydrogens (primary N) is 1. The summed E-state index contributed by atoms with van der Waals surface area (Å²) < 4.78 is 5.43. The molecule has 17 heavy (non-hydrogen) atoms. The molecule has 4 heteroatoms. The van der Waals surface area contributed by atoms with Crippen molar-refractivity contribution in [1.29, 1.82) is 0 Å². The van der Waals surface area contributed by atoms with Crippen LogP contribution in [0.5, 0.6) is 0 Å². The van der Waals surface area contributed by atoms with E-state index >= 15 is 0 Å². The van der Waals surface area contributed by atoms with Crippen LogP contribution in [0.25, 0.3) is 0 Å². The first kappa shape index (κ1) is 12.6. The molecule has 1 saturated carbocycles. The molecule has 1 aliphatic rings. The Balaban J connectivity index is 2.12. The predicted molar refractivity (Wildman–Crippen MR) is 66.7 cm³/mol. The van der Waals surface area contributed by atoms with Gasteiger partial charge >= 0.3 is 0 Å². The largest absolute Gasteiger partial charge is 0.339 e. The molecule has 0 amide bonds. The highest BCUT2D eigenvalue weighted by Gasteiger charge is 2.40. The van der Waals surface area contributed by atoms with Gasteiger partial charge in [0.25, 0.3) is 0 Å². The summed E-state index contributed by atoms with van der Waals surface area (Å²) in [5.41, 5.74) is 6.11. The van der Waals surface area contributed by atoms with Gasteiger partial charge in [0.05, 0.1) is 5.41 Å². The standard InChI is InChI=1S/C13H23N3O/c1-3-4-8-11-15-12(17-16-11)13(2)9-6-5-7-10(13)14/h10H,3-9,14H2,1-2H3. The highest BCUT2D eigenvalue weighted by molar-refractivity contribution is 5.10. The van der Waals surface area contributed by atoms with Gasteiger partial charge in [0.2, 0.25) is 5.89 Å². The minimum Gasteiger partial charge on any atom is -0.339 e. The molecule has 0 saturated heterocycles. The SMILES string of the molecule is CCCCc1noc(C2(C)CCCCC2N)n1. The molecule has 96 valence electrons. The smallest absolute Gasteiger partial charge is 0.234 e. The Labute approximate surface area is 103 Å². The summed E-state index contributed by atoms with van der Waals surface area (Å²) >= 11 is 0. The molecular weight excluding hydrogens is 214 g/mol. The van der Waals surface area contributed by atoms with E-state index in [9.17, 15) is 0 Å². The normalized spacial score (nSPS) is 29.5. The third-order valence-corrected chi connectivity index (χ3v) is 3.99. The van der Waals surface area contributed by atoms with Crippen LogP contribution in [0.2, 0.25) is 0 Å². The molecule has 2 atom stereocenters. The molecule has 1 aromatic rings. The van der Waals surface area contributed by atoms with Crippen LogP contribution in [-0.4, -0.2) is 16.2 Å². The van der Waals surface area contributed by atoms with E-state index in [1.165, 1.54) is 12.8 Å². The van der Waals surface area contributed by atoms with Gasteiger partial charge in [-0.2, -0.15) is 4.98 Å². The summed E-state index contributed by atoms with van der Waals surface area (Å²) in [5, 5.41) is 4.07. The number of hydrogen-bond donors (Lipinski definition) is 1. The first-order valence-corrected chi connectivity index (χ1v) is 6.75. The minimum atomic E-state index is -0.115. The van der Waals surface area contributed by atoms with Gasteiger partial charge in [-0.1, -0.05) is 31.3 Å². The second kappa shape index (κ2) is 5.17. The van der Waals surface area contributed by atoms with Crippen LogP contribution in [0.3, 0.4) is 0 Å². The lowest BCUT2D eigenvalue weighted by atomic mass is 9.72. The van der Waals surface area contributed by atoms with Gasteiger partial charge in [-0.05, 0) is 26.2 Å². The van der Waals surface area contributed by atoms with Crippen LogP contribution in [0.4, 0.5) is 0 Å². The fourth-order valence-electron chi connectivity index (χ4n) is 2.55. The molecule has 0 aromatic carbocycles.